The fraction of sp³-hybridized carbons (Fsp3) is 0.174. The molecule has 4 rings (SSSR count). The highest BCUT2D eigenvalue weighted by Crippen LogP contribution is 2.25. The molecule has 0 atom stereocenters. The van der Waals surface area contributed by atoms with Crippen LogP contribution in [0.5, 0.6) is 0 Å². The van der Waals surface area contributed by atoms with Crippen LogP contribution in [-0.4, -0.2) is 27.6 Å². The second-order valence-electron chi connectivity index (χ2n) is 7.29. The van der Waals surface area contributed by atoms with Crippen LogP contribution >= 0.6 is 11.6 Å². The van der Waals surface area contributed by atoms with Crippen LogP contribution < -0.4 is 10.6 Å². The van der Waals surface area contributed by atoms with Crippen LogP contribution in [0.25, 0.3) is 11.8 Å². The number of rotatable bonds is 6. The predicted molar refractivity (Wildman–Crippen MR) is 118 cm³/mol. The van der Waals surface area contributed by atoms with E-state index in [-0.39, 0.29) is 17.8 Å². The van der Waals surface area contributed by atoms with E-state index < -0.39 is 5.91 Å². The minimum Gasteiger partial charge on any atom is -0.349 e. The topological polar surface area (TPSA) is 76.0 Å². The van der Waals surface area contributed by atoms with E-state index in [0.29, 0.717) is 33.3 Å². The van der Waals surface area contributed by atoms with Crippen molar-refractivity contribution < 1.29 is 14.0 Å². The molecule has 0 radical (unpaired) electrons. The molecule has 0 aliphatic heterocycles. The molecule has 0 saturated heterocycles. The summed E-state index contributed by atoms with van der Waals surface area (Å²) in [6.45, 7) is 1.76. The van der Waals surface area contributed by atoms with Crippen molar-refractivity contribution in [2.24, 2.45) is 0 Å². The lowest BCUT2D eigenvalue weighted by molar-refractivity contribution is -0.111. The van der Waals surface area contributed by atoms with Gasteiger partial charge in [-0.3, -0.25) is 9.59 Å². The van der Waals surface area contributed by atoms with E-state index in [2.05, 4.69) is 15.7 Å². The molecule has 1 fully saturated rings. The smallest absolute Gasteiger partial charge is 0.253 e. The van der Waals surface area contributed by atoms with E-state index in [9.17, 15) is 14.0 Å². The highest BCUT2D eigenvalue weighted by Gasteiger charge is 2.25. The molecule has 2 amide bonds. The highest BCUT2D eigenvalue weighted by atomic mass is 35.5. The first-order valence-electron chi connectivity index (χ1n) is 9.82. The second kappa shape index (κ2) is 8.73. The average Bonchev–Trinajstić information content (AvgIpc) is 3.52. The number of para-hydroxylation sites is 1. The Morgan fingerprint density at radius 1 is 1.16 bits per heavy atom. The number of halogens is 2. The SMILES string of the molecule is Cc1nn(-c2ccc(F)cc2)c(Cl)c1/C=C/C(=O)Nc1ccccc1C(=O)NC1CC1. The Morgan fingerprint density at radius 2 is 1.87 bits per heavy atom. The predicted octanol–water partition coefficient (Wildman–Crippen LogP) is 4.52. The molecular formula is C23H20ClFN4O2. The lowest BCUT2D eigenvalue weighted by atomic mass is 10.1. The van der Waals surface area contributed by atoms with Gasteiger partial charge in [0.25, 0.3) is 5.91 Å². The molecule has 1 heterocycles. The summed E-state index contributed by atoms with van der Waals surface area (Å²) in [4.78, 5) is 24.9. The molecule has 1 saturated carbocycles. The standard InChI is InChI=1S/C23H20ClFN4O2/c1-14-18(22(24)29(28-14)17-10-6-15(25)7-11-17)12-13-21(30)27-20-5-3-2-4-19(20)23(31)26-16-8-9-16/h2-7,10-13,16H,8-9H2,1H3,(H,26,31)(H,27,30)/b13-12+. The molecular weight excluding hydrogens is 419 g/mol. The Hall–Kier alpha value is -3.45. The minimum absolute atomic E-state index is 0.207. The Kier molecular flexibility index (Phi) is 5.86. The molecule has 3 aromatic rings. The fourth-order valence-electron chi connectivity index (χ4n) is 3.07. The van der Waals surface area contributed by atoms with Gasteiger partial charge in [-0.1, -0.05) is 23.7 Å². The van der Waals surface area contributed by atoms with Crippen molar-refractivity contribution >= 4 is 35.2 Å². The summed E-state index contributed by atoms with van der Waals surface area (Å²) in [5.41, 5.74) is 2.63. The maximum Gasteiger partial charge on any atom is 0.253 e. The van der Waals surface area contributed by atoms with Gasteiger partial charge in [-0.2, -0.15) is 5.10 Å². The normalized spacial score (nSPS) is 13.4. The Balaban J connectivity index is 1.50. The van der Waals surface area contributed by atoms with Crippen molar-refractivity contribution in [1.29, 1.82) is 0 Å². The number of aryl methyl sites for hydroxylation is 1. The van der Waals surface area contributed by atoms with E-state index >= 15 is 0 Å². The van der Waals surface area contributed by atoms with Gasteiger partial charge >= 0.3 is 0 Å². The number of nitrogens with one attached hydrogen (secondary N) is 2. The van der Waals surface area contributed by atoms with E-state index in [1.165, 1.54) is 22.9 Å². The van der Waals surface area contributed by atoms with Gasteiger partial charge in [0.15, 0.2) is 0 Å². The summed E-state index contributed by atoms with van der Waals surface area (Å²) >= 11 is 6.44. The molecule has 8 heteroatoms. The molecule has 6 nitrogen and oxygen atoms in total. The van der Waals surface area contributed by atoms with E-state index in [1.807, 2.05) is 0 Å². The largest absolute Gasteiger partial charge is 0.349 e. The monoisotopic (exact) mass is 438 g/mol. The molecule has 31 heavy (non-hydrogen) atoms. The van der Waals surface area contributed by atoms with Crippen molar-refractivity contribution in [2.75, 3.05) is 5.32 Å². The van der Waals surface area contributed by atoms with Crippen molar-refractivity contribution in [3.05, 3.63) is 82.4 Å². The van der Waals surface area contributed by atoms with Gasteiger partial charge in [-0.25, -0.2) is 9.07 Å². The fourth-order valence-corrected chi connectivity index (χ4v) is 3.40. The average molecular weight is 439 g/mol. The van der Waals surface area contributed by atoms with Crippen LogP contribution in [0.2, 0.25) is 5.15 Å². The molecule has 2 aromatic carbocycles. The summed E-state index contributed by atoms with van der Waals surface area (Å²) in [7, 11) is 0. The van der Waals surface area contributed by atoms with Gasteiger partial charge in [-0.05, 0) is 62.2 Å². The molecule has 158 valence electrons. The maximum atomic E-state index is 13.2. The van der Waals surface area contributed by atoms with Crippen molar-refractivity contribution in [2.45, 2.75) is 25.8 Å². The quantitative estimate of drug-likeness (QED) is 0.556. The van der Waals surface area contributed by atoms with Crippen LogP contribution in [0, 0.1) is 12.7 Å². The lowest BCUT2D eigenvalue weighted by Crippen LogP contribution is -2.26. The first-order valence-corrected chi connectivity index (χ1v) is 10.2. The number of carbonyl (C=O) groups is 2. The van der Waals surface area contributed by atoms with E-state index in [1.54, 1.807) is 49.4 Å². The second-order valence-corrected chi connectivity index (χ2v) is 7.65. The van der Waals surface area contributed by atoms with Gasteiger partial charge in [-0.15, -0.1) is 0 Å². The van der Waals surface area contributed by atoms with Crippen LogP contribution in [0.1, 0.15) is 34.5 Å². The maximum absolute atomic E-state index is 13.2. The zero-order valence-electron chi connectivity index (χ0n) is 16.7. The minimum atomic E-state index is -0.406. The zero-order valence-corrected chi connectivity index (χ0v) is 17.5. The lowest BCUT2D eigenvalue weighted by Gasteiger charge is -2.09. The highest BCUT2D eigenvalue weighted by molar-refractivity contribution is 6.31. The van der Waals surface area contributed by atoms with Crippen LogP contribution in [0.4, 0.5) is 10.1 Å². The number of hydrogen-bond acceptors (Lipinski definition) is 3. The molecule has 0 bridgehead atoms. The first kappa shape index (κ1) is 20.8. The van der Waals surface area contributed by atoms with Gasteiger partial charge < -0.3 is 10.6 Å². The van der Waals surface area contributed by atoms with Gasteiger partial charge in [0.05, 0.1) is 22.6 Å². The molecule has 2 N–H and O–H groups in total. The summed E-state index contributed by atoms with van der Waals surface area (Å²) in [5.74, 6) is -0.967. The summed E-state index contributed by atoms with van der Waals surface area (Å²) in [6, 6.07) is 12.9. The van der Waals surface area contributed by atoms with Gasteiger partial charge in [0, 0.05) is 17.7 Å². The summed E-state index contributed by atoms with van der Waals surface area (Å²) in [6.07, 6.45) is 4.86. The van der Waals surface area contributed by atoms with Gasteiger partial charge in [0.2, 0.25) is 5.91 Å². The molecule has 1 aliphatic rings. The third kappa shape index (κ3) is 4.83. The van der Waals surface area contributed by atoms with Crippen LogP contribution in [-0.2, 0) is 4.79 Å². The number of benzene rings is 2. The van der Waals surface area contributed by atoms with Crippen molar-refractivity contribution in [1.82, 2.24) is 15.1 Å². The molecule has 0 unspecified atom stereocenters. The van der Waals surface area contributed by atoms with Crippen LogP contribution in [0.15, 0.2) is 54.6 Å². The third-order valence-electron chi connectivity index (χ3n) is 4.86. The number of nitrogens with zero attached hydrogens (tertiary/aromatic N) is 2. The number of anilines is 1. The first-order chi connectivity index (χ1) is 14.9. The zero-order chi connectivity index (χ0) is 22.0. The number of carbonyl (C=O) groups excluding carboxylic acids is 2. The Labute approximate surface area is 183 Å². The molecule has 0 spiro atoms. The summed E-state index contributed by atoms with van der Waals surface area (Å²) < 4.78 is 14.7. The molecule has 1 aliphatic carbocycles. The Morgan fingerprint density at radius 3 is 2.58 bits per heavy atom. The number of hydrogen-bond donors (Lipinski definition) is 2. The summed E-state index contributed by atoms with van der Waals surface area (Å²) in [5, 5.41) is 10.3. The van der Waals surface area contributed by atoms with E-state index in [4.69, 9.17) is 11.6 Å². The number of amides is 2. The van der Waals surface area contributed by atoms with Gasteiger partial charge in [0.1, 0.15) is 11.0 Å². The molecule has 1 aromatic heterocycles. The number of aromatic nitrogens is 2. The Bertz CT molecular complexity index is 1170. The van der Waals surface area contributed by atoms with E-state index in [0.717, 1.165) is 12.8 Å². The van der Waals surface area contributed by atoms with Crippen molar-refractivity contribution in [3.8, 4) is 5.69 Å². The van der Waals surface area contributed by atoms with Crippen LogP contribution in [0.3, 0.4) is 0 Å². The third-order valence-corrected chi connectivity index (χ3v) is 5.23. The van der Waals surface area contributed by atoms with Crippen molar-refractivity contribution in [3.63, 3.8) is 0 Å².